The van der Waals surface area contributed by atoms with Crippen LogP contribution in [-0.4, -0.2) is 32.4 Å². The molecule has 3 rings (SSSR count). The zero-order valence-electron chi connectivity index (χ0n) is 15.0. The second-order valence-corrected chi connectivity index (χ2v) is 8.47. The van der Waals surface area contributed by atoms with Crippen LogP contribution >= 0.6 is 0 Å². The molecule has 0 bridgehead atoms. The van der Waals surface area contributed by atoms with Gasteiger partial charge in [0.05, 0.1) is 4.90 Å². The molecular weight excluding hydrogens is 351 g/mol. The van der Waals surface area contributed by atoms with Crippen LogP contribution in [0.15, 0.2) is 53.4 Å². The predicted octanol–water partition coefficient (Wildman–Crippen LogP) is 3.33. The van der Waals surface area contributed by atoms with Crippen molar-refractivity contribution in [3.63, 3.8) is 0 Å². The minimum atomic E-state index is -3.50. The van der Waals surface area contributed by atoms with E-state index in [0.717, 1.165) is 37.9 Å². The van der Waals surface area contributed by atoms with E-state index in [1.165, 1.54) is 6.07 Å². The van der Waals surface area contributed by atoms with Crippen molar-refractivity contribution in [1.29, 1.82) is 0 Å². The van der Waals surface area contributed by atoms with Crippen LogP contribution in [0.5, 0.6) is 0 Å². The molecule has 0 spiro atoms. The van der Waals surface area contributed by atoms with E-state index in [2.05, 4.69) is 9.62 Å². The van der Waals surface area contributed by atoms with Gasteiger partial charge in [-0.1, -0.05) is 37.3 Å². The molecule has 0 saturated carbocycles. The van der Waals surface area contributed by atoms with Crippen molar-refractivity contribution in [2.75, 3.05) is 13.1 Å². The van der Waals surface area contributed by atoms with E-state index in [1.54, 1.807) is 24.3 Å². The molecule has 1 fully saturated rings. The Morgan fingerprint density at radius 3 is 2.35 bits per heavy atom. The van der Waals surface area contributed by atoms with Crippen LogP contribution in [-0.2, 0) is 23.0 Å². The highest BCUT2D eigenvalue weighted by atomic mass is 32.2. The SMILES string of the molecule is CCc1ccc(S(=O)(=O)NC2CCN(Cc3ccccc3F)CC2)cc1. The van der Waals surface area contributed by atoms with Crippen LogP contribution in [0.2, 0.25) is 0 Å². The second kappa shape index (κ2) is 8.29. The molecule has 0 aromatic heterocycles. The molecule has 0 aliphatic carbocycles. The van der Waals surface area contributed by atoms with E-state index in [-0.39, 0.29) is 11.9 Å². The molecule has 0 atom stereocenters. The smallest absolute Gasteiger partial charge is 0.240 e. The topological polar surface area (TPSA) is 49.4 Å². The maximum Gasteiger partial charge on any atom is 0.240 e. The molecule has 26 heavy (non-hydrogen) atoms. The third kappa shape index (κ3) is 4.69. The number of aryl methyl sites for hydroxylation is 1. The van der Waals surface area contributed by atoms with E-state index in [1.807, 2.05) is 25.1 Å². The standard InChI is InChI=1S/C20H25FN2O2S/c1-2-16-7-9-19(10-8-16)26(24,25)22-18-11-13-23(14-12-18)15-17-5-3-4-6-20(17)21/h3-10,18,22H,2,11-15H2,1H3. The maximum atomic E-state index is 13.8. The Hall–Kier alpha value is -1.76. The molecule has 0 unspecified atom stereocenters. The van der Waals surface area contributed by atoms with Crippen molar-refractivity contribution in [2.24, 2.45) is 0 Å². The van der Waals surface area contributed by atoms with Crippen LogP contribution in [0.3, 0.4) is 0 Å². The minimum Gasteiger partial charge on any atom is -0.299 e. The Kier molecular flexibility index (Phi) is 6.06. The Labute approximate surface area is 155 Å². The van der Waals surface area contributed by atoms with Gasteiger partial charge in [-0.25, -0.2) is 17.5 Å². The fourth-order valence-corrected chi connectivity index (χ4v) is 4.57. The summed E-state index contributed by atoms with van der Waals surface area (Å²) in [5.41, 5.74) is 1.80. The van der Waals surface area contributed by atoms with Gasteiger partial charge in [-0.3, -0.25) is 4.90 Å². The fraction of sp³-hybridized carbons (Fsp3) is 0.400. The van der Waals surface area contributed by atoms with Gasteiger partial charge in [0.2, 0.25) is 10.0 Å². The molecular formula is C20H25FN2O2S. The summed E-state index contributed by atoms with van der Waals surface area (Å²) in [5, 5.41) is 0. The zero-order valence-corrected chi connectivity index (χ0v) is 15.8. The van der Waals surface area contributed by atoms with Gasteiger partial charge in [-0.15, -0.1) is 0 Å². The molecule has 1 saturated heterocycles. The molecule has 0 amide bonds. The highest BCUT2D eigenvalue weighted by molar-refractivity contribution is 7.89. The van der Waals surface area contributed by atoms with Crippen molar-refractivity contribution in [2.45, 2.75) is 43.7 Å². The third-order valence-corrected chi connectivity index (χ3v) is 6.44. The van der Waals surface area contributed by atoms with Crippen LogP contribution in [0.4, 0.5) is 4.39 Å². The average Bonchev–Trinajstić information content (AvgIpc) is 2.65. The lowest BCUT2D eigenvalue weighted by atomic mass is 10.1. The molecule has 6 heteroatoms. The van der Waals surface area contributed by atoms with Gasteiger partial charge in [0.1, 0.15) is 5.82 Å². The minimum absolute atomic E-state index is 0.0808. The van der Waals surface area contributed by atoms with E-state index in [4.69, 9.17) is 0 Å². The Bertz CT molecular complexity index is 829. The summed E-state index contributed by atoms with van der Waals surface area (Å²) in [7, 11) is -3.50. The summed E-state index contributed by atoms with van der Waals surface area (Å²) >= 11 is 0. The first kappa shape index (κ1) is 19.0. The number of rotatable bonds is 6. The normalized spacial score (nSPS) is 16.7. The van der Waals surface area contributed by atoms with Crippen LogP contribution in [0, 0.1) is 5.82 Å². The first-order valence-electron chi connectivity index (χ1n) is 9.05. The van der Waals surface area contributed by atoms with Gasteiger partial charge in [-0.05, 0) is 43.0 Å². The first-order chi connectivity index (χ1) is 12.5. The lowest BCUT2D eigenvalue weighted by molar-refractivity contribution is 0.198. The van der Waals surface area contributed by atoms with Crippen molar-refractivity contribution in [3.8, 4) is 0 Å². The van der Waals surface area contributed by atoms with E-state index in [0.29, 0.717) is 17.0 Å². The molecule has 4 nitrogen and oxygen atoms in total. The summed E-state index contributed by atoms with van der Waals surface area (Å²) in [6.45, 7) is 4.09. The van der Waals surface area contributed by atoms with E-state index >= 15 is 0 Å². The second-order valence-electron chi connectivity index (χ2n) is 6.76. The number of benzene rings is 2. The highest BCUT2D eigenvalue weighted by Gasteiger charge is 2.25. The summed E-state index contributed by atoms with van der Waals surface area (Å²) in [6, 6.07) is 13.7. The largest absolute Gasteiger partial charge is 0.299 e. The van der Waals surface area contributed by atoms with Gasteiger partial charge in [-0.2, -0.15) is 0 Å². The average molecular weight is 376 g/mol. The molecule has 1 heterocycles. The number of sulfonamides is 1. The quantitative estimate of drug-likeness (QED) is 0.841. The zero-order chi connectivity index (χ0) is 18.6. The molecule has 2 aromatic rings. The van der Waals surface area contributed by atoms with E-state index < -0.39 is 10.0 Å². The predicted molar refractivity (Wildman–Crippen MR) is 101 cm³/mol. The number of likely N-dealkylation sites (tertiary alicyclic amines) is 1. The van der Waals surface area contributed by atoms with Crippen molar-refractivity contribution >= 4 is 10.0 Å². The number of nitrogens with zero attached hydrogens (tertiary/aromatic N) is 1. The summed E-state index contributed by atoms with van der Waals surface area (Å²) < 4.78 is 41.7. The number of halogens is 1. The maximum absolute atomic E-state index is 13.8. The Morgan fingerprint density at radius 1 is 1.08 bits per heavy atom. The first-order valence-corrected chi connectivity index (χ1v) is 10.5. The monoisotopic (exact) mass is 376 g/mol. The summed E-state index contributed by atoms with van der Waals surface area (Å²) in [6.07, 6.45) is 2.33. The Morgan fingerprint density at radius 2 is 1.73 bits per heavy atom. The molecule has 0 radical (unpaired) electrons. The Balaban J connectivity index is 1.55. The molecule has 140 valence electrons. The van der Waals surface area contributed by atoms with Gasteiger partial charge in [0, 0.05) is 31.2 Å². The van der Waals surface area contributed by atoms with Crippen LogP contribution in [0.25, 0.3) is 0 Å². The van der Waals surface area contributed by atoms with Crippen molar-refractivity contribution < 1.29 is 12.8 Å². The lowest BCUT2D eigenvalue weighted by Crippen LogP contribution is -2.44. The van der Waals surface area contributed by atoms with Crippen molar-refractivity contribution in [1.82, 2.24) is 9.62 Å². The number of hydrogen-bond donors (Lipinski definition) is 1. The highest BCUT2D eigenvalue weighted by Crippen LogP contribution is 2.18. The number of nitrogens with one attached hydrogen (secondary N) is 1. The summed E-state index contributed by atoms with van der Waals surface area (Å²) in [4.78, 5) is 2.47. The van der Waals surface area contributed by atoms with Crippen LogP contribution in [0.1, 0.15) is 30.9 Å². The van der Waals surface area contributed by atoms with Gasteiger partial charge in [0.25, 0.3) is 0 Å². The number of piperidine rings is 1. The van der Waals surface area contributed by atoms with Gasteiger partial charge < -0.3 is 0 Å². The third-order valence-electron chi connectivity index (χ3n) is 4.90. The lowest BCUT2D eigenvalue weighted by Gasteiger charge is -2.32. The van der Waals surface area contributed by atoms with Crippen LogP contribution < -0.4 is 4.72 Å². The summed E-state index contributed by atoms with van der Waals surface area (Å²) in [5.74, 6) is -0.189. The van der Waals surface area contributed by atoms with Crippen molar-refractivity contribution in [3.05, 3.63) is 65.5 Å². The fourth-order valence-electron chi connectivity index (χ4n) is 3.27. The van der Waals surface area contributed by atoms with Gasteiger partial charge in [0.15, 0.2) is 0 Å². The van der Waals surface area contributed by atoms with Gasteiger partial charge >= 0.3 is 0 Å². The molecule has 2 aromatic carbocycles. The molecule has 1 aliphatic rings. The molecule has 1 N–H and O–H groups in total. The van der Waals surface area contributed by atoms with E-state index in [9.17, 15) is 12.8 Å². The number of hydrogen-bond acceptors (Lipinski definition) is 3. The molecule has 1 aliphatic heterocycles.